The third-order valence-electron chi connectivity index (χ3n) is 7.22. The van der Waals surface area contributed by atoms with Crippen LogP contribution >= 0.6 is 12.6 Å². The van der Waals surface area contributed by atoms with Gasteiger partial charge in [-0.1, -0.05) is 34.1 Å². The highest BCUT2D eigenvalue weighted by molar-refractivity contribution is 7.80. The predicted octanol–water partition coefficient (Wildman–Crippen LogP) is -3.23. The van der Waals surface area contributed by atoms with Crippen LogP contribution in [0.4, 0.5) is 0 Å². The average molecular weight is 700 g/mol. The maximum Gasteiger partial charge on any atom is 0.326 e. The predicted molar refractivity (Wildman–Crippen MR) is 172 cm³/mol. The van der Waals surface area contributed by atoms with Crippen LogP contribution in [0.15, 0.2) is 12.5 Å². The van der Waals surface area contributed by atoms with Crippen LogP contribution in [0.5, 0.6) is 0 Å². The largest absolute Gasteiger partial charge is 0.481 e. The van der Waals surface area contributed by atoms with E-state index in [1.165, 1.54) is 12.5 Å². The second kappa shape index (κ2) is 19.8. The van der Waals surface area contributed by atoms with E-state index in [9.17, 15) is 48.6 Å². The molecule has 0 aliphatic heterocycles. The van der Waals surface area contributed by atoms with Crippen LogP contribution in [0.1, 0.15) is 52.7 Å². The van der Waals surface area contributed by atoms with E-state index in [2.05, 4.69) is 49.2 Å². The van der Waals surface area contributed by atoms with Gasteiger partial charge in [0, 0.05) is 24.1 Å². The lowest BCUT2D eigenvalue weighted by atomic mass is 9.98. The fraction of sp³-hybridized carbons (Fsp3) is 0.607. The molecule has 1 aromatic heterocycles. The zero-order valence-electron chi connectivity index (χ0n) is 27.0. The standard InChI is InChI=1S/C28H45N9O10S/c1-5-13(4)22(28(46)47)37-25(43)16(7-19(30)38)34-27(45)21(12(2)3)36-26(44)18(10-48)35-24(42)17(8-20(39)40)33-23(41)15(29)6-14-9-31-11-32-14/h9,11-13,15-18,21-22,48H,5-8,10,29H2,1-4H3,(H2,30,38)(H,31,32)(H,33,41)(H,34,45)(H,35,42)(H,36,44)(H,37,43)(H,39,40)(H,46,47)/t13-,15-,16-,17-,18-,21-,22-/m0/s1. The van der Waals surface area contributed by atoms with Gasteiger partial charge in [0.15, 0.2) is 0 Å². The van der Waals surface area contributed by atoms with E-state index >= 15 is 0 Å². The van der Waals surface area contributed by atoms with Gasteiger partial charge in [-0.2, -0.15) is 12.6 Å². The molecule has 0 aromatic carbocycles. The number of carbonyl (C=O) groups is 8. The number of carboxylic acid groups (broad SMARTS) is 2. The van der Waals surface area contributed by atoms with Crippen molar-refractivity contribution in [1.82, 2.24) is 36.6 Å². The number of hydrogen-bond acceptors (Lipinski definition) is 11. The highest BCUT2D eigenvalue weighted by Crippen LogP contribution is 2.10. The van der Waals surface area contributed by atoms with Gasteiger partial charge in [0.25, 0.3) is 0 Å². The topological polar surface area (TPSA) is 318 Å². The Balaban J connectivity index is 3.06. The lowest BCUT2D eigenvalue weighted by Crippen LogP contribution is -2.61. The number of nitrogens with zero attached hydrogens (tertiary/aromatic N) is 1. The smallest absolute Gasteiger partial charge is 0.326 e. The molecule has 268 valence electrons. The number of H-pyrrole nitrogens is 1. The van der Waals surface area contributed by atoms with Crippen LogP contribution < -0.4 is 38.1 Å². The lowest BCUT2D eigenvalue weighted by molar-refractivity contribution is -0.144. The molecule has 0 radical (unpaired) electrons. The van der Waals surface area contributed by atoms with Gasteiger partial charge in [0.05, 0.1) is 25.2 Å². The van der Waals surface area contributed by atoms with Crippen molar-refractivity contribution in [2.24, 2.45) is 23.3 Å². The van der Waals surface area contributed by atoms with Crippen molar-refractivity contribution in [3.8, 4) is 0 Å². The molecule has 1 heterocycles. The summed E-state index contributed by atoms with van der Waals surface area (Å²) in [6, 6.07) is -8.50. The summed E-state index contributed by atoms with van der Waals surface area (Å²) in [5.41, 5.74) is 11.7. The molecule has 7 atom stereocenters. The summed E-state index contributed by atoms with van der Waals surface area (Å²) in [4.78, 5) is 107. The normalized spacial score (nSPS) is 15.4. The molecule has 1 aromatic rings. The Bertz CT molecular complexity index is 1310. The number of amides is 6. The number of aromatic amines is 1. The Morgan fingerprint density at radius 1 is 0.812 bits per heavy atom. The Morgan fingerprint density at radius 3 is 1.81 bits per heavy atom. The summed E-state index contributed by atoms with van der Waals surface area (Å²) in [6.07, 6.45) is 1.68. The summed E-state index contributed by atoms with van der Waals surface area (Å²) in [5.74, 6) is -9.90. The van der Waals surface area contributed by atoms with Gasteiger partial charge in [-0.05, 0) is 11.8 Å². The molecule has 20 heteroatoms. The van der Waals surface area contributed by atoms with Gasteiger partial charge in [-0.25, -0.2) is 9.78 Å². The summed E-state index contributed by atoms with van der Waals surface area (Å²) in [6.45, 7) is 6.41. The van der Waals surface area contributed by atoms with E-state index in [4.69, 9.17) is 11.5 Å². The Labute approximate surface area is 281 Å². The van der Waals surface area contributed by atoms with Crippen molar-refractivity contribution in [2.45, 2.75) is 89.6 Å². The quantitative estimate of drug-likeness (QED) is 0.0565. The number of thiol groups is 1. The van der Waals surface area contributed by atoms with Crippen LogP contribution in [0, 0.1) is 11.8 Å². The lowest BCUT2D eigenvalue weighted by Gasteiger charge is -2.28. The molecular formula is C28H45N9O10S. The monoisotopic (exact) mass is 699 g/mol. The maximum atomic E-state index is 13.3. The molecular weight excluding hydrogens is 654 g/mol. The second-order valence-electron chi connectivity index (χ2n) is 11.5. The van der Waals surface area contributed by atoms with E-state index in [1.807, 2.05) is 0 Å². The number of carbonyl (C=O) groups excluding carboxylic acids is 6. The molecule has 0 aliphatic rings. The van der Waals surface area contributed by atoms with Crippen LogP contribution in [0.25, 0.3) is 0 Å². The second-order valence-corrected chi connectivity index (χ2v) is 11.8. The Kier molecular flexibility index (Phi) is 17.1. The number of nitrogens with one attached hydrogen (secondary N) is 6. The molecule has 0 saturated heterocycles. The van der Waals surface area contributed by atoms with Gasteiger partial charge >= 0.3 is 11.9 Å². The van der Waals surface area contributed by atoms with Gasteiger partial charge in [-0.15, -0.1) is 0 Å². The molecule has 0 unspecified atom stereocenters. The van der Waals surface area contributed by atoms with Crippen molar-refractivity contribution in [1.29, 1.82) is 0 Å². The molecule has 0 spiro atoms. The van der Waals surface area contributed by atoms with Crippen LogP contribution in [0.3, 0.4) is 0 Å². The first-order valence-electron chi connectivity index (χ1n) is 15.0. The minimum Gasteiger partial charge on any atom is -0.481 e. The summed E-state index contributed by atoms with van der Waals surface area (Å²) in [5, 5.41) is 30.5. The van der Waals surface area contributed by atoms with Gasteiger partial charge in [0.2, 0.25) is 35.4 Å². The van der Waals surface area contributed by atoms with E-state index in [-0.39, 0.29) is 12.2 Å². The Morgan fingerprint density at radius 2 is 1.33 bits per heavy atom. The Hall–Kier alpha value is -4.72. The number of primary amides is 1. The minimum absolute atomic E-state index is 0.00747. The van der Waals surface area contributed by atoms with Crippen LogP contribution in [-0.4, -0.2) is 110 Å². The first-order chi connectivity index (χ1) is 22.4. The highest BCUT2D eigenvalue weighted by atomic mass is 32.1. The van der Waals surface area contributed by atoms with Crippen molar-refractivity contribution in [3.05, 3.63) is 18.2 Å². The fourth-order valence-electron chi connectivity index (χ4n) is 4.25. The van der Waals surface area contributed by atoms with E-state index in [1.54, 1.807) is 27.7 Å². The number of rotatable bonds is 21. The maximum absolute atomic E-state index is 13.3. The van der Waals surface area contributed by atoms with Crippen molar-refractivity contribution in [3.63, 3.8) is 0 Å². The molecule has 12 N–H and O–H groups in total. The molecule has 0 bridgehead atoms. The third-order valence-corrected chi connectivity index (χ3v) is 7.59. The average Bonchev–Trinajstić information content (AvgIpc) is 3.51. The highest BCUT2D eigenvalue weighted by Gasteiger charge is 2.35. The number of carboxylic acids is 2. The first-order valence-corrected chi connectivity index (χ1v) is 15.6. The van der Waals surface area contributed by atoms with Gasteiger partial charge < -0.3 is 53.2 Å². The number of nitrogens with two attached hydrogens (primary N) is 2. The van der Waals surface area contributed by atoms with Crippen LogP contribution in [-0.2, 0) is 44.8 Å². The first kappa shape index (κ1) is 41.3. The van der Waals surface area contributed by atoms with Gasteiger partial charge in [-0.3, -0.25) is 33.6 Å². The van der Waals surface area contributed by atoms with Crippen molar-refractivity contribution >= 4 is 60.0 Å². The number of aliphatic carboxylic acids is 2. The number of hydrogen-bond donors (Lipinski definition) is 11. The molecule has 0 aliphatic carbocycles. The van der Waals surface area contributed by atoms with E-state index in [0.29, 0.717) is 12.1 Å². The summed E-state index contributed by atoms with van der Waals surface area (Å²) in [7, 11) is 0. The molecule has 0 saturated carbocycles. The number of aromatic nitrogens is 2. The van der Waals surface area contributed by atoms with E-state index < -0.39 is 108 Å². The minimum atomic E-state index is -1.64. The molecule has 1 rings (SSSR count). The molecule has 19 nitrogen and oxygen atoms in total. The summed E-state index contributed by atoms with van der Waals surface area (Å²) < 4.78 is 0. The fourth-order valence-corrected chi connectivity index (χ4v) is 4.51. The molecule has 6 amide bonds. The van der Waals surface area contributed by atoms with Crippen molar-refractivity contribution in [2.75, 3.05) is 5.75 Å². The van der Waals surface area contributed by atoms with Gasteiger partial charge in [0.1, 0.15) is 30.2 Å². The summed E-state index contributed by atoms with van der Waals surface area (Å²) >= 11 is 4.08. The zero-order chi connectivity index (χ0) is 36.7. The molecule has 48 heavy (non-hydrogen) atoms. The van der Waals surface area contributed by atoms with Crippen molar-refractivity contribution < 1.29 is 48.6 Å². The molecule has 0 fully saturated rings. The zero-order valence-corrected chi connectivity index (χ0v) is 27.9. The van der Waals surface area contributed by atoms with E-state index in [0.717, 1.165) is 0 Å². The third kappa shape index (κ3) is 13.6. The SMILES string of the molecule is CC[C@H](C)[C@H](NC(=O)[C@H](CC(N)=O)NC(=O)[C@@H](NC(=O)[C@H](CS)NC(=O)[C@H](CC(=O)O)NC(=O)[C@@H](N)Cc1cnc[nH]1)C(C)C)C(=O)O. The number of imidazole rings is 1. The van der Waals surface area contributed by atoms with Crippen LogP contribution in [0.2, 0.25) is 0 Å².